The largest absolute Gasteiger partial charge is 0.349 e. The summed E-state index contributed by atoms with van der Waals surface area (Å²) < 4.78 is 1.99. The molecule has 2 aromatic heterocycles. The van der Waals surface area contributed by atoms with Crippen molar-refractivity contribution in [1.29, 1.82) is 0 Å². The summed E-state index contributed by atoms with van der Waals surface area (Å²) in [5, 5.41) is 6.56. The summed E-state index contributed by atoms with van der Waals surface area (Å²) in [4.78, 5) is 24.6. The van der Waals surface area contributed by atoms with Gasteiger partial charge in [0.1, 0.15) is 0 Å². The van der Waals surface area contributed by atoms with Crippen molar-refractivity contribution in [2.45, 2.75) is 26.8 Å². The molecule has 0 fully saturated rings. The lowest BCUT2D eigenvalue weighted by Gasteiger charge is -2.24. The van der Waals surface area contributed by atoms with Crippen molar-refractivity contribution < 1.29 is 4.79 Å². The van der Waals surface area contributed by atoms with Crippen LogP contribution in [0.2, 0.25) is 5.02 Å². The number of nitrogens with zero attached hydrogens (tertiary/aromatic N) is 4. The fourth-order valence-corrected chi connectivity index (χ4v) is 4.49. The second kappa shape index (κ2) is 11.4. The summed E-state index contributed by atoms with van der Waals surface area (Å²) in [6, 6.07) is 23.0. The summed E-state index contributed by atoms with van der Waals surface area (Å²) in [6.07, 6.45) is 6.63. The molecular formula is C30H29ClN6O. The van der Waals surface area contributed by atoms with Gasteiger partial charge in [-0.25, -0.2) is 14.8 Å². The van der Waals surface area contributed by atoms with E-state index in [2.05, 4.69) is 27.4 Å². The zero-order valence-corrected chi connectivity index (χ0v) is 22.1. The van der Waals surface area contributed by atoms with E-state index in [4.69, 9.17) is 16.6 Å². The van der Waals surface area contributed by atoms with Crippen LogP contribution in [0.4, 0.5) is 22.0 Å². The summed E-state index contributed by atoms with van der Waals surface area (Å²) in [7, 11) is 0. The fraction of sp³-hybridized carbons (Fsp3) is 0.167. The molecule has 38 heavy (non-hydrogen) atoms. The number of urea groups is 1. The average Bonchev–Trinajstić information content (AvgIpc) is 3.39. The van der Waals surface area contributed by atoms with Crippen molar-refractivity contribution in [1.82, 2.24) is 14.4 Å². The molecule has 0 atom stereocenters. The van der Waals surface area contributed by atoms with Crippen LogP contribution in [0.25, 0.3) is 16.9 Å². The number of rotatable bonds is 8. The number of fused-ring (bicyclic) bond motifs is 1. The van der Waals surface area contributed by atoms with Gasteiger partial charge >= 0.3 is 6.03 Å². The van der Waals surface area contributed by atoms with E-state index in [1.807, 2.05) is 96.5 Å². The van der Waals surface area contributed by atoms with E-state index < -0.39 is 0 Å². The third-order valence-electron chi connectivity index (χ3n) is 6.25. The van der Waals surface area contributed by atoms with Crippen molar-refractivity contribution in [3.63, 3.8) is 0 Å². The molecule has 0 radical (unpaired) electrons. The Kier molecular flexibility index (Phi) is 7.56. The van der Waals surface area contributed by atoms with Crippen LogP contribution in [-0.4, -0.2) is 26.9 Å². The molecule has 0 saturated carbocycles. The SMILES string of the molecule is CCCN(Cc1ccc(Cl)cc1)c1nc(-c2cccc(NC(=O)Nc3ccccc3C)c2)cn2ccnc12. The van der Waals surface area contributed by atoms with E-state index in [-0.39, 0.29) is 6.03 Å². The van der Waals surface area contributed by atoms with E-state index in [0.29, 0.717) is 17.3 Å². The van der Waals surface area contributed by atoms with Crippen molar-refractivity contribution in [3.05, 3.63) is 108 Å². The van der Waals surface area contributed by atoms with E-state index in [1.165, 1.54) is 0 Å². The molecule has 5 rings (SSSR count). The number of aryl methyl sites for hydroxylation is 1. The topological polar surface area (TPSA) is 74.6 Å². The molecule has 8 heteroatoms. The van der Waals surface area contributed by atoms with Crippen molar-refractivity contribution in [2.75, 3.05) is 22.1 Å². The minimum atomic E-state index is -0.299. The molecule has 0 saturated heterocycles. The Balaban J connectivity index is 1.44. The van der Waals surface area contributed by atoms with Gasteiger partial charge in [0.2, 0.25) is 0 Å². The van der Waals surface area contributed by atoms with Gasteiger partial charge in [-0.2, -0.15) is 0 Å². The predicted molar refractivity (Wildman–Crippen MR) is 155 cm³/mol. The van der Waals surface area contributed by atoms with Gasteiger partial charge in [-0.15, -0.1) is 0 Å². The first-order valence-electron chi connectivity index (χ1n) is 12.6. The van der Waals surface area contributed by atoms with E-state index in [0.717, 1.165) is 52.5 Å². The number of nitrogens with one attached hydrogen (secondary N) is 2. The number of hydrogen-bond acceptors (Lipinski definition) is 4. The Morgan fingerprint density at radius 2 is 1.84 bits per heavy atom. The molecule has 2 heterocycles. The number of carbonyl (C=O) groups excluding carboxylic acids is 1. The predicted octanol–water partition coefficient (Wildman–Crippen LogP) is 7.42. The number of carbonyl (C=O) groups is 1. The van der Waals surface area contributed by atoms with E-state index in [9.17, 15) is 4.79 Å². The molecule has 0 spiro atoms. The first kappa shape index (κ1) is 25.3. The van der Waals surface area contributed by atoms with Crippen molar-refractivity contribution >= 4 is 40.5 Å². The maximum Gasteiger partial charge on any atom is 0.323 e. The van der Waals surface area contributed by atoms with Crippen LogP contribution < -0.4 is 15.5 Å². The molecule has 0 bridgehead atoms. The highest BCUT2D eigenvalue weighted by Crippen LogP contribution is 2.28. The van der Waals surface area contributed by atoms with Gasteiger partial charge in [0, 0.05) is 53.6 Å². The van der Waals surface area contributed by atoms with Gasteiger partial charge in [0.15, 0.2) is 11.5 Å². The van der Waals surface area contributed by atoms with Crippen LogP contribution in [0.1, 0.15) is 24.5 Å². The molecule has 0 aliphatic rings. The molecule has 0 aliphatic carbocycles. The Morgan fingerprint density at radius 3 is 2.63 bits per heavy atom. The number of aromatic nitrogens is 3. The monoisotopic (exact) mass is 524 g/mol. The van der Waals surface area contributed by atoms with Gasteiger partial charge in [-0.05, 0) is 54.8 Å². The van der Waals surface area contributed by atoms with Crippen LogP contribution in [-0.2, 0) is 6.54 Å². The number of imidazole rings is 1. The number of halogens is 1. The Hall–Kier alpha value is -4.36. The second-order valence-electron chi connectivity index (χ2n) is 9.13. The number of benzene rings is 3. The Bertz CT molecular complexity index is 1560. The Morgan fingerprint density at radius 1 is 1.03 bits per heavy atom. The van der Waals surface area contributed by atoms with Gasteiger partial charge in [0.25, 0.3) is 0 Å². The molecule has 2 N–H and O–H groups in total. The summed E-state index contributed by atoms with van der Waals surface area (Å²) in [5.41, 5.74) is 6.05. The van der Waals surface area contributed by atoms with Crippen LogP contribution in [0.5, 0.6) is 0 Å². The van der Waals surface area contributed by atoms with Crippen LogP contribution in [0.3, 0.4) is 0 Å². The minimum Gasteiger partial charge on any atom is -0.349 e. The molecule has 192 valence electrons. The van der Waals surface area contributed by atoms with Gasteiger partial charge in [0.05, 0.1) is 5.69 Å². The fourth-order valence-electron chi connectivity index (χ4n) is 4.36. The highest BCUT2D eigenvalue weighted by atomic mass is 35.5. The molecule has 0 aliphatic heterocycles. The third kappa shape index (κ3) is 5.79. The standard InChI is InChI=1S/C30H29ClN6O/c1-3-16-36(19-22-11-13-24(31)14-12-22)29-28-32-15-17-37(28)20-27(34-29)23-8-6-9-25(18-23)33-30(38)35-26-10-5-4-7-21(26)2/h4-15,17-18,20H,3,16,19H2,1-2H3,(H2,33,35,38). The quantitative estimate of drug-likeness (QED) is 0.221. The number of amides is 2. The maximum atomic E-state index is 12.7. The number of hydrogen-bond donors (Lipinski definition) is 2. The van der Waals surface area contributed by atoms with E-state index >= 15 is 0 Å². The molecule has 5 aromatic rings. The van der Waals surface area contributed by atoms with Gasteiger partial charge in [-0.3, -0.25) is 0 Å². The molecule has 2 amide bonds. The minimum absolute atomic E-state index is 0.299. The lowest BCUT2D eigenvalue weighted by molar-refractivity contribution is 0.262. The van der Waals surface area contributed by atoms with Crippen molar-refractivity contribution in [2.24, 2.45) is 0 Å². The van der Waals surface area contributed by atoms with Crippen LogP contribution in [0, 0.1) is 6.92 Å². The smallest absolute Gasteiger partial charge is 0.323 e. The van der Waals surface area contributed by atoms with Crippen LogP contribution >= 0.6 is 11.6 Å². The molecule has 3 aromatic carbocycles. The van der Waals surface area contributed by atoms with Gasteiger partial charge in [-0.1, -0.05) is 61.0 Å². The molecule has 7 nitrogen and oxygen atoms in total. The normalized spacial score (nSPS) is 10.9. The summed E-state index contributed by atoms with van der Waals surface area (Å²) >= 11 is 6.10. The zero-order valence-electron chi connectivity index (χ0n) is 21.4. The van der Waals surface area contributed by atoms with Gasteiger partial charge < -0.3 is 19.9 Å². The average molecular weight is 525 g/mol. The lowest BCUT2D eigenvalue weighted by atomic mass is 10.1. The number of para-hydroxylation sites is 1. The Labute approximate surface area is 227 Å². The lowest BCUT2D eigenvalue weighted by Crippen LogP contribution is -2.25. The third-order valence-corrected chi connectivity index (χ3v) is 6.50. The van der Waals surface area contributed by atoms with Crippen molar-refractivity contribution in [3.8, 4) is 11.3 Å². The highest BCUT2D eigenvalue weighted by Gasteiger charge is 2.17. The summed E-state index contributed by atoms with van der Waals surface area (Å²) in [6.45, 7) is 5.62. The first-order chi connectivity index (χ1) is 18.5. The van der Waals surface area contributed by atoms with E-state index in [1.54, 1.807) is 6.20 Å². The highest BCUT2D eigenvalue weighted by molar-refractivity contribution is 6.30. The van der Waals surface area contributed by atoms with Crippen LogP contribution in [0.15, 0.2) is 91.4 Å². The summed E-state index contributed by atoms with van der Waals surface area (Å²) in [5.74, 6) is 0.806. The molecular weight excluding hydrogens is 496 g/mol. The first-order valence-corrected chi connectivity index (χ1v) is 12.9. The second-order valence-corrected chi connectivity index (χ2v) is 9.57. The molecule has 0 unspecified atom stereocenters. The maximum absolute atomic E-state index is 12.7. The zero-order chi connectivity index (χ0) is 26.5. The number of anilines is 3.